The number of amides is 4. The van der Waals surface area contributed by atoms with E-state index in [1.165, 1.54) is 32.4 Å². The number of aryl methyl sites for hydroxylation is 1. The standard InChI is InChI=1S/C21H18F2N4O5/c1-10-4-5-13(31-3)16(23)15(10)18(28)27(2)9-21(19(29)25-20(30)26-21)14-7-11-6-12(22)8-24-17(11)32-14/h4-8H,9H2,1-3H3,(H2,25,26,29,30)/t21-/m0/s1. The number of hydrogen-bond donors (Lipinski definition) is 2. The van der Waals surface area contributed by atoms with Gasteiger partial charge >= 0.3 is 6.03 Å². The number of hydrogen-bond acceptors (Lipinski definition) is 6. The summed E-state index contributed by atoms with van der Waals surface area (Å²) in [6.45, 7) is 1.16. The number of methoxy groups -OCH3 is 1. The van der Waals surface area contributed by atoms with Crippen molar-refractivity contribution in [1.82, 2.24) is 20.5 Å². The number of benzene rings is 1. The van der Waals surface area contributed by atoms with Crippen LogP contribution in [0, 0.1) is 18.6 Å². The summed E-state index contributed by atoms with van der Waals surface area (Å²) >= 11 is 0. The van der Waals surface area contributed by atoms with Gasteiger partial charge in [0.05, 0.1) is 25.4 Å². The van der Waals surface area contributed by atoms with Crippen LogP contribution >= 0.6 is 0 Å². The van der Waals surface area contributed by atoms with Gasteiger partial charge in [0, 0.05) is 12.4 Å². The summed E-state index contributed by atoms with van der Waals surface area (Å²) < 4.78 is 38.9. The fourth-order valence-electron chi connectivity index (χ4n) is 3.66. The van der Waals surface area contributed by atoms with Gasteiger partial charge in [-0.3, -0.25) is 14.9 Å². The van der Waals surface area contributed by atoms with E-state index in [0.717, 1.165) is 17.2 Å². The van der Waals surface area contributed by atoms with Gasteiger partial charge in [0.25, 0.3) is 11.8 Å². The molecule has 1 aromatic carbocycles. The van der Waals surface area contributed by atoms with Crippen LogP contribution in [0.5, 0.6) is 5.75 Å². The van der Waals surface area contributed by atoms with Gasteiger partial charge in [-0.15, -0.1) is 0 Å². The van der Waals surface area contributed by atoms with Crippen molar-refractivity contribution < 1.29 is 32.3 Å². The van der Waals surface area contributed by atoms with E-state index in [0.29, 0.717) is 5.56 Å². The molecule has 1 atom stereocenters. The first-order chi connectivity index (χ1) is 15.2. The third-order valence-corrected chi connectivity index (χ3v) is 5.27. The van der Waals surface area contributed by atoms with E-state index in [1.54, 1.807) is 6.92 Å². The molecular formula is C21H18F2N4O5. The van der Waals surface area contributed by atoms with Gasteiger partial charge in [0.15, 0.2) is 17.1 Å². The Kier molecular flexibility index (Phi) is 5.03. The van der Waals surface area contributed by atoms with Crippen molar-refractivity contribution in [3.63, 3.8) is 0 Å². The molecule has 11 heteroatoms. The molecule has 1 fully saturated rings. The first kappa shape index (κ1) is 21.2. The van der Waals surface area contributed by atoms with Crippen LogP contribution < -0.4 is 15.4 Å². The molecule has 32 heavy (non-hydrogen) atoms. The molecule has 0 unspecified atom stereocenters. The number of aromatic nitrogens is 1. The molecule has 0 bridgehead atoms. The van der Waals surface area contributed by atoms with Crippen LogP contribution in [-0.4, -0.2) is 48.4 Å². The maximum absolute atomic E-state index is 14.8. The molecule has 2 aromatic heterocycles. The number of halogens is 2. The van der Waals surface area contributed by atoms with E-state index < -0.39 is 41.6 Å². The van der Waals surface area contributed by atoms with Gasteiger partial charge in [0.2, 0.25) is 5.71 Å². The molecule has 3 heterocycles. The number of carbonyl (C=O) groups excluding carboxylic acids is 3. The molecule has 2 N–H and O–H groups in total. The van der Waals surface area contributed by atoms with E-state index in [1.807, 2.05) is 0 Å². The molecule has 0 saturated carbocycles. The molecule has 3 aromatic rings. The molecular weight excluding hydrogens is 426 g/mol. The van der Waals surface area contributed by atoms with Crippen molar-refractivity contribution in [3.8, 4) is 5.75 Å². The number of furan rings is 1. The van der Waals surface area contributed by atoms with Gasteiger partial charge in [0.1, 0.15) is 11.6 Å². The summed E-state index contributed by atoms with van der Waals surface area (Å²) in [4.78, 5) is 42.8. The molecule has 0 radical (unpaired) electrons. The maximum atomic E-state index is 14.8. The van der Waals surface area contributed by atoms with Crippen LogP contribution in [-0.2, 0) is 10.3 Å². The number of nitrogens with zero attached hydrogens (tertiary/aromatic N) is 2. The van der Waals surface area contributed by atoms with Gasteiger partial charge in [-0.2, -0.15) is 0 Å². The van der Waals surface area contributed by atoms with Crippen molar-refractivity contribution in [3.05, 3.63) is 59.0 Å². The zero-order valence-corrected chi connectivity index (χ0v) is 17.3. The molecule has 1 aliphatic rings. The second-order valence-corrected chi connectivity index (χ2v) is 7.41. The number of carbonyl (C=O) groups is 3. The van der Waals surface area contributed by atoms with Crippen molar-refractivity contribution in [1.29, 1.82) is 0 Å². The number of likely N-dealkylation sites (N-methyl/N-ethyl adjacent to an activating group) is 1. The largest absolute Gasteiger partial charge is 0.494 e. The van der Waals surface area contributed by atoms with Crippen molar-refractivity contribution >= 4 is 28.9 Å². The average Bonchev–Trinajstić information content (AvgIpc) is 3.28. The average molecular weight is 444 g/mol. The van der Waals surface area contributed by atoms with Crippen LogP contribution in [0.3, 0.4) is 0 Å². The van der Waals surface area contributed by atoms with Crippen molar-refractivity contribution in [2.75, 3.05) is 20.7 Å². The number of imide groups is 1. The number of fused-ring (bicyclic) bond motifs is 1. The SMILES string of the molecule is COc1ccc(C)c(C(=O)N(C)C[C@@]2(c3cc4cc(F)cnc4o3)NC(=O)NC2=O)c1F. The van der Waals surface area contributed by atoms with E-state index in [9.17, 15) is 23.2 Å². The van der Waals surface area contributed by atoms with Gasteiger partial charge in [-0.25, -0.2) is 18.6 Å². The molecule has 9 nitrogen and oxygen atoms in total. The van der Waals surface area contributed by atoms with Crippen LogP contribution in [0.4, 0.5) is 13.6 Å². The van der Waals surface area contributed by atoms with E-state index in [-0.39, 0.29) is 28.2 Å². The summed E-state index contributed by atoms with van der Waals surface area (Å²) in [5.74, 6) is -3.16. The third kappa shape index (κ3) is 3.31. The molecule has 4 amide bonds. The number of pyridine rings is 1. The highest BCUT2D eigenvalue weighted by molar-refractivity contribution is 6.08. The first-order valence-electron chi connectivity index (χ1n) is 9.44. The Morgan fingerprint density at radius 1 is 1.28 bits per heavy atom. The van der Waals surface area contributed by atoms with Crippen LogP contribution in [0.15, 0.2) is 34.9 Å². The summed E-state index contributed by atoms with van der Waals surface area (Å²) in [5, 5.41) is 4.84. The summed E-state index contributed by atoms with van der Waals surface area (Å²) in [7, 11) is 2.62. The van der Waals surface area contributed by atoms with Gasteiger partial charge in [-0.05, 0) is 30.7 Å². The lowest BCUT2D eigenvalue weighted by Crippen LogP contribution is -2.53. The highest BCUT2D eigenvalue weighted by Crippen LogP contribution is 2.32. The molecule has 1 aliphatic heterocycles. The number of ether oxygens (including phenoxy) is 1. The zero-order valence-electron chi connectivity index (χ0n) is 17.3. The highest BCUT2D eigenvalue weighted by Gasteiger charge is 2.52. The van der Waals surface area contributed by atoms with Crippen molar-refractivity contribution in [2.24, 2.45) is 0 Å². The summed E-state index contributed by atoms with van der Waals surface area (Å²) in [6, 6.07) is 4.63. The monoisotopic (exact) mass is 444 g/mol. The molecule has 1 saturated heterocycles. The van der Waals surface area contributed by atoms with E-state index in [2.05, 4.69) is 15.6 Å². The number of rotatable bonds is 5. The van der Waals surface area contributed by atoms with E-state index in [4.69, 9.17) is 9.15 Å². The van der Waals surface area contributed by atoms with Gasteiger partial charge in [-0.1, -0.05) is 6.07 Å². The lowest BCUT2D eigenvalue weighted by atomic mass is 9.94. The Bertz CT molecular complexity index is 1270. The molecule has 0 spiro atoms. The summed E-state index contributed by atoms with van der Waals surface area (Å²) in [6.07, 6.45) is 0.944. The third-order valence-electron chi connectivity index (χ3n) is 5.27. The second-order valence-electron chi connectivity index (χ2n) is 7.41. The molecule has 4 rings (SSSR count). The Morgan fingerprint density at radius 2 is 2.03 bits per heavy atom. The minimum absolute atomic E-state index is 0.0402. The van der Waals surface area contributed by atoms with Crippen LogP contribution in [0.1, 0.15) is 21.7 Å². The quantitative estimate of drug-likeness (QED) is 0.584. The first-order valence-corrected chi connectivity index (χ1v) is 9.44. The van der Waals surface area contributed by atoms with Crippen LogP contribution in [0.2, 0.25) is 0 Å². The second kappa shape index (κ2) is 7.59. The molecule has 0 aliphatic carbocycles. The minimum Gasteiger partial charge on any atom is -0.494 e. The Morgan fingerprint density at radius 3 is 2.69 bits per heavy atom. The number of urea groups is 1. The zero-order chi connectivity index (χ0) is 23.2. The lowest BCUT2D eigenvalue weighted by molar-refractivity contribution is -0.125. The Labute approximate surface area is 180 Å². The minimum atomic E-state index is -1.83. The fourth-order valence-corrected chi connectivity index (χ4v) is 3.66. The topological polar surface area (TPSA) is 114 Å². The number of nitrogens with one attached hydrogen (secondary N) is 2. The normalized spacial score (nSPS) is 17.9. The maximum Gasteiger partial charge on any atom is 0.322 e. The predicted octanol–water partition coefficient (Wildman–Crippen LogP) is 2.23. The summed E-state index contributed by atoms with van der Waals surface area (Å²) in [5.41, 5.74) is -1.67. The predicted molar refractivity (Wildman–Crippen MR) is 107 cm³/mol. The van der Waals surface area contributed by atoms with Crippen molar-refractivity contribution in [2.45, 2.75) is 12.5 Å². The highest BCUT2D eigenvalue weighted by atomic mass is 19.1. The van der Waals surface area contributed by atoms with E-state index >= 15 is 0 Å². The molecule has 166 valence electrons. The Hall–Kier alpha value is -4.02. The lowest BCUT2D eigenvalue weighted by Gasteiger charge is -2.29. The Balaban J connectivity index is 1.75. The van der Waals surface area contributed by atoms with Gasteiger partial charge < -0.3 is 19.4 Å². The smallest absolute Gasteiger partial charge is 0.322 e. The van der Waals surface area contributed by atoms with Crippen LogP contribution in [0.25, 0.3) is 11.1 Å². The fraction of sp³-hybridized carbons (Fsp3) is 0.238.